The summed E-state index contributed by atoms with van der Waals surface area (Å²) in [6.07, 6.45) is 5.85. The highest BCUT2D eigenvalue weighted by molar-refractivity contribution is 5.37. The van der Waals surface area contributed by atoms with Gasteiger partial charge in [-0.3, -0.25) is 0 Å². The summed E-state index contributed by atoms with van der Waals surface area (Å²) in [6.45, 7) is 0. The maximum atomic E-state index is 8.91. The van der Waals surface area contributed by atoms with E-state index >= 15 is 0 Å². The van der Waals surface area contributed by atoms with Crippen molar-refractivity contribution in [3.63, 3.8) is 0 Å². The van der Waals surface area contributed by atoms with Crippen LogP contribution < -0.4 is 10.5 Å². The lowest BCUT2D eigenvalue weighted by atomic mass is 9.93. The van der Waals surface area contributed by atoms with Gasteiger partial charge in [0.1, 0.15) is 17.7 Å². The lowest BCUT2D eigenvalue weighted by Crippen LogP contribution is -2.41. The van der Waals surface area contributed by atoms with E-state index in [4.69, 9.17) is 15.7 Å². The van der Waals surface area contributed by atoms with Crippen molar-refractivity contribution in [1.82, 2.24) is 4.98 Å². The lowest BCUT2D eigenvalue weighted by Gasteiger charge is -2.28. The number of aromatic nitrogens is 1. The average Bonchev–Trinajstić information content (AvgIpc) is 2.33. The van der Waals surface area contributed by atoms with E-state index in [1.807, 2.05) is 0 Å². The molecule has 2 atom stereocenters. The Morgan fingerprint density at radius 3 is 3.00 bits per heavy atom. The number of rotatable bonds is 2. The van der Waals surface area contributed by atoms with Gasteiger partial charge in [-0.1, -0.05) is 6.42 Å². The Kier molecular flexibility index (Phi) is 3.37. The first kappa shape index (κ1) is 10.9. The fourth-order valence-electron chi connectivity index (χ4n) is 1.99. The summed E-state index contributed by atoms with van der Waals surface area (Å²) in [5, 5.41) is 8.91. The molecule has 1 aromatic heterocycles. The van der Waals surface area contributed by atoms with Crippen molar-refractivity contribution in [2.75, 3.05) is 0 Å². The van der Waals surface area contributed by atoms with Crippen LogP contribution in [0.15, 0.2) is 18.3 Å². The first-order chi connectivity index (χ1) is 7.81. The van der Waals surface area contributed by atoms with Gasteiger partial charge in [0.25, 0.3) is 0 Å². The van der Waals surface area contributed by atoms with Crippen LogP contribution in [-0.2, 0) is 0 Å². The number of pyridine rings is 1. The van der Waals surface area contributed by atoms with Crippen LogP contribution in [0, 0.1) is 11.3 Å². The van der Waals surface area contributed by atoms with E-state index in [9.17, 15) is 0 Å². The van der Waals surface area contributed by atoms with Crippen LogP contribution >= 0.6 is 0 Å². The third-order valence-electron chi connectivity index (χ3n) is 2.91. The highest BCUT2D eigenvalue weighted by atomic mass is 16.5. The van der Waals surface area contributed by atoms with Crippen LogP contribution in [0.4, 0.5) is 0 Å². The number of nitrogens with two attached hydrogens (primary N) is 1. The zero-order valence-corrected chi connectivity index (χ0v) is 9.10. The molecule has 1 heterocycles. The summed E-state index contributed by atoms with van der Waals surface area (Å²) >= 11 is 0. The van der Waals surface area contributed by atoms with Gasteiger partial charge in [0.15, 0.2) is 0 Å². The number of hydrogen-bond acceptors (Lipinski definition) is 4. The molecule has 4 heteroatoms. The molecule has 0 aliphatic heterocycles. The minimum Gasteiger partial charge on any atom is -0.472 e. The van der Waals surface area contributed by atoms with Gasteiger partial charge >= 0.3 is 0 Å². The van der Waals surface area contributed by atoms with Crippen LogP contribution in [0.1, 0.15) is 31.2 Å². The molecule has 1 aromatic rings. The molecular formula is C12H15N3O. The van der Waals surface area contributed by atoms with Crippen LogP contribution in [-0.4, -0.2) is 17.1 Å². The highest BCUT2D eigenvalue weighted by Crippen LogP contribution is 2.23. The number of nitriles is 1. The molecule has 2 unspecified atom stereocenters. The molecule has 0 saturated heterocycles. The van der Waals surface area contributed by atoms with Crippen molar-refractivity contribution < 1.29 is 4.74 Å². The predicted octanol–water partition coefficient (Wildman–Crippen LogP) is 1.60. The van der Waals surface area contributed by atoms with Crippen molar-refractivity contribution >= 4 is 0 Å². The number of nitrogens with zero attached hydrogens (tertiary/aromatic N) is 2. The SMILES string of the molecule is N#Cc1cccnc1OC1CCCCC1N. The Labute approximate surface area is 95.0 Å². The largest absolute Gasteiger partial charge is 0.472 e. The lowest BCUT2D eigenvalue weighted by molar-refractivity contribution is 0.126. The van der Waals surface area contributed by atoms with Gasteiger partial charge in [0, 0.05) is 12.2 Å². The van der Waals surface area contributed by atoms with E-state index in [1.54, 1.807) is 18.3 Å². The Morgan fingerprint density at radius 1 is 1.44 bits per heavy atom. The van der Waals surface area contributed by atoms with Crippen molar-refractivity contribution in [3.05, 3.63) is 23.9 Å². The molecule has 0 aromatic carbocycles. The molecule has 1 fully saturated rings. The molecule has 2 N–H and O–H groups in total. The summed E-state index contributed by atoms with van der Waals surface area (Å²) < 4.78 is 5.73. The van der Waals surface area contributed by atoms with Crippen LogP contribution in [0.5, 0.6) is 5.88 Å². The van der Waals surface area contributed by atoms with Crippen LogP contribution in [0.2, 0.25) is 0 Å². The van der Waals surface area contributed by atoms with Crippen molar-refractivity contribution in [1.29, 1.82) is 5.26 Å². The first-order valence-corrected chi connectivity index (χ1v) is 5.58. The second-order valence-corrected chi connectivity index (χ2v) is 4.07. The quantitative estimate of drug-likeness (QED) is 0.816. The molecule has 1 aliphatic rings. The first-order valence-electron chi connectivity index (χ1n) is 5.58. The van der Waals surface area contributed by atoms with Gasteiger partial charge in [-0.25, -0.2) is 4.98 Å². The van der Waals surface area contributed by atoms with E-state index in [1.165, 1.54) is 0 Å². The molecule has 0 amide bonds. The molecule has 84 valence electrons. The third kappa shape index (κ3) is 2.31. The van der Waals surface area contributed by atoms with Crippen LogP contribution in [0.3, 0.4) is 0 Å². The predicted molar refractivity (Wildman–Crippen MR) is 59.8 cm³/mol. The minimum atomic E-state index is -0.00394. The normalized spacial score (nSPS) is 24.8. The van der Waals surface area contributed by atoms with Gasteiger partial charge in [-0.05, 0) is 31.4 Å². The second kappa shape index (κ2) is 4.95. The monoisotopic (exact) mass is 217 g/mol. The summed E-state index contributed by atoms with van der Waals surface area (Å²) in [5.74, 6) is 0.410. The summed E-state index contributed by atoms with van der Waals surface area (Å²) in [4.78, 5) is 4.08. The van der Waals surface area contributed by atoms with Gasteiger partial charge < -0.3 is 10.5 Å². The van der Waals surface area contributed by atoms with Crippen molar-refractivity contribution in [2.24, 2.45) is 5.73 Å². The van der Waals surface area contributed by atoms with Gasteiger partial charge in [-0.15, -0.1) is 0 Å². The van der Waals surface area contributed by atoms with Gasteiger partial charge in [0.05, 0.1) is 0 Å². The van der Waals surface area contributed by atoms with Crippen molar-refractivity contribution in [2.45, 2.75) is 37.8 Å². The van der Waals surface area contributed by atoms with E-state index < -0.39 is 0 Å². The molecule has 4 nitrogen and oxygen atoms in total. The third-order valence-corrected chi connectivity index (χ3v) is 2.91. The number of hydrogen-bond donors (Lipinski definition) is 1. The van der Waals surface area contributed by atoms with Gasteiger partial charge in [-0.2, -0.15) is 5.26 Å². The molecule has 16 heavy (non-hydrogen) atoms. The molecule has 1 aliphatic carbocycles. The molecule has 0 radical (unpaired) electrons. The molecular weight excluding hydrogens is 202 g/mol. The maximum absolute atomic E-state index is 8.91. The molecule has 0 bridgehead atoms. The second-order valence-electron chi connectivity index (χ2n) is 4.07. The molecule has 1 saturated carbocycles. The average molecular weight is 217 g/mol. The van der Waals surface area contributed by atoms with E-state index in [2.05, 4.69) is 11.1 Å². The van der Waals surface area contributed by atoms with E-state index in [0.29, 0.717) is 11.4 Å². The van der Waals surface area contributed by atoms with Crippen LogP contribution in [0.25, 0.3) is 0 Å². The van der Waals surface area contributed by atoms with Gasteiger partial charge in [0.2, 0.25) is 5.88 Å². The Balaban J connectivity index is 2.11. The fourth-order valence-corrected chi connectivity index (χ4v) is 1.99. The Hall–Kier alpha value is -1.60. The Morgan fingerprint density at radius 2 is 2.25 bits per heavy atom. The standard InChI is InChI=1S/C12H15N3O/c13-8-9-4-3-7-15-12(9)16-11-6-2-1-5-10(11)14/h3-4,7,10-11H,1-2,5-6,14H2. The summed E-state index contributed by atoms with van der Waals surface area (Å²) in [6, 6.07) is 5.56. The Bertz CT molecular complexity index is 399. The fraction of sp³-hybridized carbons (Fsp3) is 0.500. The zero-order valence-electron chi connectivity index (χ0n) is 9.10. The zero-order chi connectivity index (χ0) is 11.4. The number of ether oxygens (including phenoxy) is 1. The molecule has 2 rings (SSSR count). The highest BCUT2D eigenvalue weighted by Gasteiger charge is 2.24. The smallest absolute Gasteiger partial charge is 0.231 e. The summed E-state index contributed by atoms with van der Waals surface area (Å²) in [5.41, 5.74) is 6.46. The summed E-state index contributed by atoms with van der Waals surface area (Å²) in [7, 11) is 0. The van der Waals surface area contributed by atoms with E-state index in [-0.39, 0.29) is 12.1 Å². The molecule has 0 spiro atoms. The maximum Gasteiger partial charge on any atom is 0.231 e. The van der Waals surface area contributed by atoms with Crippen molar-refractivity contribution in [3.8, 4) is 11.9 Å². The van der Waals surface area contributed by atoms with E-state index in [0.717, 1.165) is 25.7 Å². The minimum absolute atomic E-state index is 0.00394. The topological polar surface area (TPSA) is 71.9 Å².